The Morgan fingerprint density at radius 1 is 1.19 bits per heavy atom. The Hall–Kier alpha value is -3.40. The standard InChI is InChI=1S/C16H12N4O5S/c21-13-4-2-1-3-12(13)17-14(22)9-26-16-19-18-15(25-16)10-5-7-11(8-6-10)20(23)24/h1-8,21H,9H2,(H,17,22). The van der Waals surface area contributed by atoms with E-state index < -0.39 is 4.92 Å². The molecule has 9 nitrogen and oxygen atoms in total. The minimum atomic E-state index is -0.498. The second-order valence-corrected chi connectivity index (χ2v) is 5.96. The van der Waals surface area contributed by atoms with E-state index in [0.717, 1.165) is 11.8 Å². The van der Waals surface area contributed by atoms with E-state index in [1.165, 1.54) is 30.3 Å². The van der Waals surface area contributed by atoms with Gasteiger partial charge in [-0.05, 0) is 24.3 Å². The quantitative estimate of drug-likeness (QED) is 0.292. The smallest absolute Gasteiger partial charge is 0.277 e. The summed E-state index contributed by atoms with van der Waals surface area (Å²) >= 11 is 1.03. The Kier molecular flexibility index (Phi) is 5.13. The number of benzene rings is 2. The van der Waals surface area contributed by atoms with Gasteiger partial charge in [-0.15, -0.1) is 10.2 Å². The zero-order valence-electron chi connectivity index (χ0n) is 13.2. The Morgan fingerprint density at radius 2 is 1.92 bits per heavy atom. The van der Waals surface area contributed by atoms with Gasteiger partial charge in [-0.2, -0.15) is 0 Å². The first-order chi connectivity index (χ1) is 12.5. The molecule has 0 spiro atoms. The molecule has 0 aliphatic carbocycles. The van der Waals surface area contributed by atoms with E-state index in [1.807, 2.05) is 0 Å². The second kappa shape index (κ2) is 7.66. The number of nitro groups is 1. The number of non-ortho nitro benzene ring substituents is 1. The Balaban J connectivity index is 1.59. The highest BCUT2D eigenvalue weighted by molar-refractivity contribution is 7.99. The zero-order valence-corrected chi connectivity index (χ0v) is 14.0. The van der Waals surface area contributed by atoms with Crippen LogP contribution in [0.15, 0.2) is 58.2 Å². The lowest BCUT2D eigenvalue weighted by Gasteiger charge is -2.05. The van der Waals surface area contributed by atoms with Gasteiger partial charge < -0.3 is 14.8 Å². The van der Waals surface area contributed by atoms with Crippen LogP contribution in [0.5, 0.6) is 5.75 Å². The highest BCUT2D eigenvalue weighted by Gasteiger charge is 2.13. The molecule has 2 N–H and O–H groups in total. The number of nitrogens with zero attached hydrogens (tertiary/aromatic N) is 3. The molecule has 0 atom stereocenters. The molecule has 0 fully saturated rings. The van der Waals surface area contributed by atoms with Crippen molar-refractivity contribution in [3.63, 3.8) is 0 Å². The van der Waals surface area contributed by atoms with Gasteiger partial charge in [0.1, 0.15) is 5.75 Å². The van der Waals surface area contributed by atoms with Gasteiger partial charge in [0, 0.05) is 17.7 Å². The summed E-state index contributed by atoms with van der Waals surface area (Å²) in [6.07, 6.45) is 0. The van der Waals surface area contributed by atoms with E-state index in [4.69, 9.17) is 4.42 Å². The number of amides is 1. The number of nitro benzene ring substituents is 1. The van der Waals surface area contributed by atoms with Crippen LogP contribution in [-0.4, -0.2) is 31.9 Å². The highest BCUT2D eigenvalue weighted by atomic mass is 32.2. The minimum Gasteiger partial charge on any atom is -0.506 e. The van der Waals surface area contributed by atoms with E-state index in [-0.39, 0.29) is 34.2 Å². The van der Waals surface area contributed by atoms with Crippen molar-refractivity contribution < 1.29 is 19.2 Å². The van der Waals surface area contributed by atoms with Crippen LogP contribution in [0.2, 0.25) is 0 Å². The fraction of sp³-hybridized carbons (Fsp3) is 0.0625. The number of hydrogen-bond acceptors (Lipinski definition) is 8. The molecule has 0 saturated heterocycles. The molecular formula is C16H12N4O5S. The van der Waals surface area contributed by atoms with E-state index in [1.54, 1.807) is 18.2 Å². The number of carbonyl (C=O) groups is 1. The van der Waals surface area contributed by atoms with Gasteiger partial charge in [0.25, 0.3) is 10.9 Å². The molecule has 1 heterocycles. The third-order valence-electron chi connectivity index (χ3n) is 3.24. The van der Waals surface area contributed by atoms with Crippen LogP contribution in [-0.2, 0) is 4.79 Å². The van der Waals surface area contributed by atoms with Gasteiger partial charge in [0.2, 0.25) is 11.8 Å². The van der Waals surface area contributed by atoms with Crippen molar-refractivity contribution in [2.24, 2.45) is 0 Å². The Bertz CT molecular complexity index is 942. The van der Waals surface area contributed by atoms with Gasteiger partial charge in [0.15, 0.2) is 0 Å². The molecule has 1 amide bonds. The summed E-state index contributed by atoms with van der Waals surface area (Å²) in [4.78, 5) is 22.1. The number of hydrogen-bond donors (Lipinski definition) is 2. The monoisotopic (exact) mass is 372 g/mol. The van der Waals surface area contributed by atoms with Crippen molar-refractivity contribution in [3.05, 3.63) is 58.6 Å². The van der Waals surface area contributed by atoms with Crippen LogP contribution < -0.4 is 5.32 Å². The predicted octanol–water partition coefficient (Wildman–Crippen LogP) is 3.08. The number of rotatable bonds is 6. The maximum Gasteiger partial charge on any atom is 0.277 e. The Labute approximate surface area is 151 Å². The fourth-order valence-electron chi connectivity index (χ4n) is 2.00. The van der Waals surface area contributed by atoms with Crippen molar-refractivity contribution in [1.29, 1.82) is 0 Å². The number of anilines is 1. The first-order valence-electron chi connectivity index (χ1n) is 7.32. The summed E-state index contributed by atoms with van der Waals surface area (Å²) in [5, 5.41) is 30.7. The van der Waals surface area contributed by atoms with Crippen LogP contribution >= 0.6 is 11.8 Å². The normalized spacial score (nSPS) is 10.5. The number of carbonyl (C=O) groups excluding carboxylic acids is 1. The SMILES string of the molecule is O=C(CSc1nnc(-c2ccc([N+](=O)[O-])cc2)o1)Nc1ccccc1O. The van der Waals surface area contributed by atoms with Crippen LogP contribution in [0.3, 0.4) is 0 Å². The molecule has 3 aromatic rings. The molecule has 0 saturated carbocycles. The molecule has 0 unspecified atom stereocenters. The summed E-state index contributed by atoms with van der Waals surface area (Å²) < 4.78 is 5.44. The molecule has 2 aromatic carbocycles. The minimum absolute atomic E-state index is 0.0101. The van der Waals surface area contributed by atoms with Crippen molar-refractivity contribution in [1.82, 2.24) is 10.2 Å². The molecule has 0 aliphatic heterocycles. The number of phenols is 1. The maximum atomic E-state index is 11.9. The molecule has 1 aromatic heterocycles. The fourth-order valence-corrected chi connectivity index (χ4v) is 2.57. The van der Waals surface area contributed by atoms with Crippen LogP contribution in [0.4, 0.5) is 11.4 Å². The van der Waals surface area contributed by atoms with Crippen molar-refractivity contribution >= 4 is 29.0 Å². The third kappa shape index (κ3) is 4.16. The predicted molar refractivity (Wildman–Crippen MR) is 93.8 cm³/mol. The number of aromatic nitrogens is 2. The van der Waals surface area contributed by atoms with Gasteiger partial charge >= 0.3 is 0 Å². The number of phenolic OH excluding ortho intramolecular Hbond substituents is 1. The van der Waals surface area contributed by atoms with Gasteiger partial charge in [-0.1, -0.05) is 23.9 Å². The summed E-state index contributed by atoms with van der Waals surface area (Å²) in [5.41, 5.74) is 0.813. The second-order valence-electron chi connectivity index (χ2n) is 5.03. The van der Waals surface area contributed by atoms with E-state index >= 15 is 0 Å². The van der Waals surface area contributed by atoms with Crippen molar-refractivity contribution in [2.45, 2.75) is 5.22 Å². The number of thioether (sulfide) groups is 1. The molecule has 26 heavy (non-hydrogen) atoms. The lowest BCUT2D eigenvalue weighted by molar-refractivity contribution is -0.384. The van der Waals surface area contributed by atoms with E-state index in [9.17, 15) is 20.0 Å². The molecule has 0 aliphatic rings. The molecular weight excluding hydrogens is 360 g/mol. The maximum absolute atomic E-state index is 11.9. The summed E-state index contributed by atoms with van der Waals surface area (Å²) in [5.74, 6) is -0.157. The van der Waals surface area contributed by atoms with Crippen molar-refractivity contribution in [3.8, 4) is 17.2 Å². The summed E-state index contributed by atoms with van der Waals surface area (Å²) in [7, 11) is 0. The molecule has 0 bridgehead atoms. The lowest BCUT2D eigenvalue weighted by Crippen LogP contribution is -2.14. The number of para-hydroxylation sites is 2. The van der Waals surface area contributed by atoms with E-state index in [2.05, 4.69) is 15.5 Å². The molecule has 10 heteroatoms. The Morgan fingerprint density at radius 3 is 2.62 bits per heavy atom. The van der Waals surface area contributed by atoms with Crippen molar-refractivity contribution in [2.75, 3.05) is 11.1 Å². The van der Waals surface area contributed by atoms with Crippen LogP contribution in [0.1, 0.15) is 0 Å². The average molecular weight is 372 g/mol. The molecule has 3 rings (SSSR count). The average Bonchev–Trinajstić information content (AvgIpc) is 3.11. The largest absolute Gasteiger partial charge is 0.506 e. The number of aromatic hydroxyl groups is 1. The van der Waals surface area contributed by atoms with Crippen LogP contribution in [0, 0.1) is 10.1 Å². The summed E-state index contributed by atoms with van der Waals surface area (Å²) in [6.45, 7) is 0. The zero-order chi connectivity index (χ0) is 18.5. The van der Waals surface area contributed by atoms with E-state index in [0.29, 0.717) is 11.3 Å². The molecule has 132 valence electrons. The summed E-state index contributed by atoms with van der Waals surface area (Å²) in [6, 6.07) is 12.1. The lowest BCUT2D eigenvalue weighted by atomic mass is 10.2. The highest BCUT2D eigenvalue weighted by Crippen LogP contribution is 2.26. The number of nitrogens with one attached hydrogen (secondary N) is 1. The topological polar surface area (TPSA) is 131 Å². The first kappa shape index (κ1) is 17.4. The van der Waals surface area contributed by atoms with Crippen LogP contribution in [0.25, 0.3) is 11.5 Å². The van der Waals surface area contributed by atoms with Gasteiger partial charge in [-0.25, -0.2) is 0 Å². The van der Waals surface area contributed by atoms with Gasteiger partial charge in [-0.3, -0.25) is 14.9 Å². The molecule has 0 radical (unpaired) electrons. The third-order valence-corrected chi connectivity index (χ3v) is 4.05. The van der Waals surface area contributed by atoms with Gasteiger partial charge in [0.05, 0.1) is 16.4 Å². The first-order valence-corrected chi connectivity index (χ1v) is 8.30.